The monoisotopic (exact) mass is 377 g/mol. The normalized spacial score (nSPS) is 12.2. The van der Waals surface area contributed by atoms with E-state index >= 15 is 0 Å². The summed E-state index contributed by atoms with van der Waals surface area (Å²) < 4.78 is 5.48. The predicted octanol–water partition coefficient (Wildman–Crippen LogP) is 2.91. The molecule has 1 amide bonds. The summed E-state index contributed by atoms with van der Waals surface area (Å²) in [5.41, 5.74) is 0.838. The number of hydrogen-bond donors (Lipinski definition) is 3. The molecule has 1 unspecified atom stereocenters. The van der Waals surface area contributed by atoms with Gasteiger partial charge in [-0.05, 0) is 44.5 Å². The van der Waals surface area contributed by atoms with Gasteiger partial charge in [-0.2, -0.15) is 0 Å². The summed E-state index contributed by atoms with van der Waals surface area (Å²) >= 11 is 1.20. The lowest BCUT2D eigenvalue weighted by Crippen LogP contribution is -2.25. The lowest BCUT2D eigenvalue weighted by Gasteiger charge is -2.14. The first-order valence-corrected chi connectivity index (χ1v) is 9.23. The molecule has 0 bridgehead atoms. The van der Waals surface area contributed by atoms with E-state index in [1.165, 1.54) is 30.0 Å². The van der Waals surface area contributed by atoms with Gasteiger partial charge in [0.25, 0.3) is 5.56 Å². The first-order valence-electron chi connectivity index (χ1n) is 8.35. The van der Waals surface area contributed by atoms with Crippen molar-refractivity contribution in [1.29, 1.82) is 0 Å². The number of amides is 1. The van der Waals surface area contributed by atoms with E-state index in [0.717, 1.165) is 0 Å². The summed E-state index contributed by atoms with van der Waals surface area (Å²) in [6, 6.07) is 7.63. The first kappa shape index (κ1) is 20.0. The van der Waals surface area contributed by atoms with Gasteiger partial charge in [0, 0.05) is 11.8 Å². The Morgan fingerprint density at radius 1 is 1.35 bits per heavy atom. The van der Waals surface area contributed by atoms with E-state index in [1.54, 1.807) is 12.1 Å². The van der Waals surface area contributed by atoms with Gasteiger partial charge >= 0.3 is 0 Å². The van der Waals surface area contributed by atoms with Crippen LogP contribution in [0.25, 0.3) is 0 Å². The number of H-pyrrole nitrogens is 1. The lowest BCUT2D eigenvalue weighted by molar-refractivity contribution is -0.115. The van der Waals surface area contributed by atoms with Gasteiger partial charge in [0.05, 0.1) is 23.7 Å². The maximum atomic E-state index is 12.5. The van der Waals surface area contributed by atoms with Gasteiger partial charge in [-0.1, -0.05) is 18.7 Å². The van der Waals surface area contributed by atoms with Crippen LogP contribution in [-0.2, 0) is 16.1 Å². The smallest absolute Gasteiger partial charge is 0.251 e. The van der Waals surface area contributed by atoms with Crippen molar-refractivity contribution in [3.8, 4) is 5.75 Å². The Morgan fingerprint density at radius 2 is 2.04 bits per heavy atom. The molecule has 8 heteroatoms. The molecule has 2 aromatic rings. The number of ether oxygens (including phenoxy) is 1. The summed E-state index contributed by atoms with van der Waals surface area (Å²) in [4.78, 5) is 31.3. The molecule has 0 fully saturated rings. The second kappa shape index (κ2) is 9.40. The molecule has 1 aromatic heterocycles. The van der Waals surface area contributed by atoms with Crippen LogP contribution in [0.2, 0.25) is 0 Å². The molecule has 7 nitrogen and oxygen atoms in total. The van der Waals surface area contributed by atoms with Crippen molar-refractivity contribution in [1.82, 2.24) is 9.97 Å². The van der Waals surface area contributed by atoms with E-state index in [-0.39, 0.29) is 29.9 Å². The maximum Gasteiger partial charge on any atom is 0.251 e. The van der Waals surface area contributed by atoms with Gasteiger partial charge in [0.2, 0.25) is 5.91 Å². The first-order chi connectivity index (χ1) is 12.4. The van der Waals surface area contributed by atoms with Crippen LogP contribution in [0.3, 0.4) is 0 Å². The number of phenolic OH excluding ortho intramolecular Hbond substituents is 1. The van der Waals surface area contributed by atoms with Gasteiger partial charge in [-0.15, -0.1) is 0 Å². The Balaban J connectivity index is 2.07. The van der Waals surface area contributed by atoms with Crippen molar-refractivity contribution in [2.75, 3.05) is 5.32 Å². The van der Waals surface area contributed by atoms with Crippen LogP contribution in [-0.4, -0.2) is 32.3 Å². The molecule has 1 atom stereocenters. The van der Waals surface area contributed by atoms with Crippen LogP contribution in [0.5, 0.6) is 5.75 Å². The van der Waals surface area contributed by atoms with Crippen molar-refractivity contribution >= 4 is 23.4 Å². The van der Waals surface area contributed by atoms with Crippen molar-refractivity contribution < 1.29 is 14.6 Å². The quantitative estimate of drug-likeness (QED) is 0.371. The molecular formula is C18H23N3O4S. The van der Waals surface area contributed by atoms with Gasteiger partial charge in [0.1, 0.15) is 5.75 Å². The largest absolute Gasteiger partial charge is 0.508 e. The average molecular weight is 377 g/mol. The number of aromatic nitrogens is 2. The summed E-state index contributed by atoms with van der Waals surface area (Å²) in [6.45, 7) is 5.94. The van der Waals surface area contributed by atoms with Gasteiger partial charge in [0.15, 0.2) is 5.16 Å². The molecule has 2 rings (SSSR count). The van der Waals surface area contributed by atoms with E-state index in [9.17, 15) is 14.7 Å². The highest BCUT2D eigenvalue weighted by molar-refractivity contribution is 8.00. The topological polar surface area (TPSA) is 104 Å². The van der Waals surface area contributed by atoms with Crippen LogP contribution in [0.1, 0.15) is 32.9 Å². The Kier molecular flexibility index (Phi) is 7.23. The molecule has 1 heterocycles. The molecule has 0 saturated carbocycles. The van der Waals surface area contributed by atoms with Gasteiger partial charge in [-0.25, -0.2) is 4.98 Å². The van der Waals surface area contributed by atoms with Gasteiger partial charge in [-0.3, -0.25) is 9.59 Å². The molecular weight excluding hydrogens is 354 g/mol. The molecule has 3 N–H and O–H groups in total. The number of phenols is 1. The highest BCUT2D eigenvalue weighted by atomic mass is 32.2. The van der Waals surface area contributed by atoms with Gasteiger partial charge < -0.3 is 20.1 Å². The van der Waals surface area contributed by atoms with Crippen molar-refractivity contribution in [2.45, 2.75) is 50.3 Å². The standard InChI is InChI=1S/C18H23N3O4S/c1-4-15(17(24)19-12-5-7-14(22)8-6-12)26-18-20-13(9-16(23)21-18)10-25-11(2)3/h5-9,11,15,22H,4,10H2,1-3H3,(H,19,24)(H,20,21,23). The molecule has 26 heavy (non-hydrogen) atoms. The molecule has 0 radical (unpaired) electrons. The number of nitrogens with one attached hydrogen (secondary N) is 2. The molecule has 0 saturated heterocycles. The molecule has 0 aliphatic rings. The molecule has 0 aliphatic carbocycles. The third-order valence-electron chi connectivity index (χ3n) is 3.39. The third-order valence-corrected chi connectivity index (χ3v) is 4.64. The van der Waals surface area contributed by atoms with Crippen molar-refractivity contribution in [2.24, 2.45) is 0 Å². The number of aromatic amines is 1. The minimum atomic E-state index is -0.423. The van der Waals surface area contributed by atoms with Crippen molar-refractivity contribution in [3.05, 3.63) is 46.4 Å². The fourth-order valence-electron chi connectivity index (χ4n) is 2.09. The van der Waals surface area contributed by atoms with Crippen LogP contribution < -0.4 is 10.9 Å². The fourth-order valence-corrected chi connectivity index (χ4v) is 3.02. The van der Waals surface area contributed by atoms with Crippen LogP contribution in [0.15, 0.2) is 40.3 Å². The SMILES string of the molecule is CCC(Sc1nc(COC(C)C)cc(=O)[nH]1)C(=O)Nc1ccc(O)cc1. The number of thioether (sulfide) groups is 1. The molecule has 0 spiro atoms. The minimum absolute atomic E-state index is 0.0340. The second-order valence-electron chi connectivity index (χ2n) is 5.95. The summed E-state index contributed by atoms with van der Waals surface area (Å²) in [6.07, 6.45) is 0.594. The maximum absolute atomic E-state index is 12.5. The number of hydrogen-bond acceptors (Lipinski definition) is 6. The molecule has 0 aliphatic heterocycles. The van der Waals surface area contributed by atoms with Crippen LogP contribution >= 0.6 is 11.8 Å². The number of carbonyl (C=O) groups excluding carboxylic acids is 1. The lowest BCUT2D eigenvalue weighted by atomic mass is 10.2. The summed E-state index contributed by atoms with van der Waals surface area (Å²) in [7, 11) is 0. The highest BCUT2D eigenvalue weighted by Crippen LogP contribution is 2.23. The zero-order valence-corrected chi connectivity index (χ0v) is 15.8. The zero-order chi connectivity index (χ0) is 19.1. The van der Waals surface area contributed by atoms with Crippen LogP contribution in [0.4, 0.5) is 5.69 Å². The van der Waals surface area contributed by atoms with E-state index < -0.39 is 5.25 Å². The summed E-state index contributed by atoms with van der Waals surface area (Å²) in [5.74, 6) is -0.0682. The molecule has 140 valence electrons. The third kappa shape index (κ3) is 6.20. The van der Waals surface area contributed by atoms with E-state index in [0.29, 0.717) is 23.0 Å². The average Bonchev–Trinajstić information content (AvgIpc) is 2.59. The Bertz CT molecular complexity index is 790. The zero-order valence-electron chi connectivity index (χ0n) is 15.0. The number of carbonyl (C=O) groups is 1. The van der Waals surface area contributed by atoms with Crippen molar-refractivity contribution in [3.63, 3.8) is 0 Å². The Morgan fingerprint density at radius 3 is 2.65 bits per heavy atom. The number of anilines is 1. The van der Waals surface area contributed by atoms with E-state index in [2.05, 4.69) is 15.3 Å². The Labute approximate surface area is 156 Å². The number of aromatic hydroxyl groups is 1. The number of rotatable bonds is 8. The predicted molar refractivity (Wildman–Crippen MR) is 101 cm³/mol. The number of nitrogens with zero attached hydrogens (tertiary/aromatic N) is 1. The summed E-state index contributed by atoms with van der Waals surface area (Å²) in [5, 5.41) is 12.1. The minimum Gasteiger partial charge on any atom is -0.508 e. The van der Waals surface area contributed by atoms with E-state index in [1.807, 2.05) is 20.8 Å². The number of benzene rings is 1. The fraction of sp³-hybridized carbons (Fsp3) is 0.389. The van der Waals surface area contributed by atoms with E-state index in [4.69, 9.17) is 4.74 Å². The Hall–Kier alpha value is -2.32. The van der Waals surface area contributed by atoms with Crippen LogP contribution in [0, 0.1) is 0 Å². The highest BCUT2D eigenvalue weighted by Gasteiger charge is 2.20. The second-order valence-corrected chi connectivity index (χ2v) is 7.14. The molecule has 1 aromatic carbocycles.